The Bertz CT molecular complexity index is 695. The fourth-order valence-electron chi connectivity index (χ4n) is 2.09. The Morgan fingerprint density at radius 1 is 1.21 bits per heavy atom. The van der Waals surface area contributed by atoms with Crippen molar-refractivity contribution in [2.24, 2.45) is 14.1 Å². The van der Waals surface area contributed by atoms with Gasteiger partial charge in [-0.15, -0.1) is 0 Å². The fourth-order valence-corrected chi connectivity index (χ4v) is 2.09. The van der Waals surface area contributed by atoms with E-state index in [4.69, 9.17) is 0 Å². The number of rotatable bonds is 1. The van der Waals surface area contributed by atoms with Crippen LogP contribution in [0.4, 0.5) is 13.2 Å². The normalized spacial score (nSPS) is 12.6. The van der Waals surface area contributed by atoms with Gasteiger partial charge in [-0.25, -0.2) is 9.78 Å². The predicted molar refractivity (Wildman–Crippen MR) is 65.0 cm³/mol. The van der Waals surface area contributed by atoms with Crippen LogP contribution in [-0.2, 0) is 20.3 Å². The molecular formula is C12H14F3N3O. The van der Waals surface area contributed by atoms with E-state index < -0.39 is 17.6 Å². The summed E-state index contributed by atoms with van der Waals surface area (Å²) in [7, 11) is 2.93. The van der Waals surface area contributed by atoms with Crippen LogP contribution in [0.2, 0.25) is 0 Å². The second kappa shape index (κ2) is 4.11. The van der Waals surface area contributed by atoms with Crippen LogP contribution in [0.25, 0.3) is 11.2 Å². The van der Waals surface area contributed by atoms with Crippen LogP contribution >= 0.6 is 0 Å². The van der Waals surface area contributed by atoms with Gasteiger partial charge in [-0.05, 0) is 17.5 Å². The van der Waals surface area contributed by atoms with Gasteiger partial charge in [-0.1, -0.05) is 13.8 Å². The van der Waals surface area contributed by atoms with Gasteiger partial charge in [-0.3, -0.25) is 9.13 Å². The van der Waals surface area contributed by atoms with Crippen molar-refractivity contribution in [2.75, 3.05) is 0 Å². The van der Waals surface area contributed by atoms with Crippen LogP contribution in [0.1, 0.15) is 31.0 Å². The molecule has 0 aliphatic heterocycles. The van der Waals surface area contributed by atoms with Gasteiger partial charge in [0.15, 0.2) is 5.65 Å². The van der Waals surface area contributed by atoms with E-state index in [1.807, 2.05) is 0 Å². The van der Waals surface area contributed by atoms with Crippen molar-refractivity contribution >= 4 is 11.2 Å². The van der Waals surface area contributed by atoms with Gasteiger partial charge in [-0.2, -0.15) is 13.2 Å². The Labute approximate surface area is 107 Å². The molecule has 2 aromatic heterocycles. The second-order valence-corrected chi connectivity index (χ2v) is 4.82. The van der Waals surface area contributed by atoms with Gasteiger partial charge in [0.1, 0.15) is 5.69 Å². The van der Waals surface area contributed by atoms with E-state index in [1.54, 1.807) is 13.8 Å². The summed E-state index contributed by atoms with van der Waals surface area (Å²) in [4.78, 5) is 15.4. The number of hydrogen-bond donors (Lipinski definition) is 0. The lowest BCUT2D eigenvalue weighted by atomic mass is 10.0. The maximum absolute atomic E-state index is 13.0. The lowest BCUT2D eigenvalue weighted by molar-refractivity contribution is -0.141. The first-order valence-corrected chi connectivity index (χ1v) is 5.78. The SMILES string of the molecule is CC(C)c1cc2c(nc1C(F)(F)F)n(C)c(=O)n2C. The van der Waals surface area contributed by atoms with Crippen molar-refractivity contribution < 1.29 is 13.2 Å². The molecule has 0 aliphatic carbocycles. The van der Waals surface area contributed by atoms with Crippen LogP contribution in [0.5, 0.6) is 0 Å². The number of nitrogens with zero attached hydrogens (tertiary/aromatic N) is 3. The minimum absolute atomic E-state index is 0.0456. The lowest BCUT2D eigenvalue weighted by Gasteiger charge is -2.14. The Morgan fingerprint density at radius 2 is 1.79 bits per heavy atom. The van der Waals surface area contributed by atoms with Crippen LogP contribution in [0, 0.1) is 0 Å². The largest absolute Gasteiger partial charge is 0.433 e. The molecule has 0 aliphatic rings. The van der Waals surface area contributed by atoms with E-state index in [-0.39, 0.29) is 17.1 Å². The molecule has 104 valence electrons. The van der Waals surface area contributed by atoms with Crippen molar-refractivity contribution in [1.82, 2.24) is 14.1 Å². The molecule has 4 nitrogen and oxygen atoms in total. The van der Waals surface area contributed by atoms with Crippen molar-refractivity contribution in [3.63, 3.8) is 0 Å². The third-order valence-corrected chi connectivity index (χ3v) is 3.16. The number of imidazole rings is 1. The highest BCUT2D eigenvalue weighted by Gasteiger charge is 2.37. The van der Waals surface area contributed by atoms with Gasteiger partial charge in [0.2, 0.25) is 0 Å². The van der Waals surface area contributed by atoms with E-state index in [1.165, 1.54) is 24.7 Å². The number of pyridine rings is 1. The number of halogens is 3. The molecule has 2 heterocycles. The summed E-state index contributed by atoms with van der Waals surface area (Å²) in [5.41, 5.74) is -0.762. The molecule has 0 radical (unpaired) electrons. The van der Waals surface area contributed by atoms with Gasteiger partial charge in [0.25, 0.3) is 0 Å². The Kier molecular flexibility index (Phi) is 2.95. The van der Waals surface area contributed by atoms with Gasteiger partial charge >= 0.3 is 11.9 Å². The number of aromatic nitrogens is 3. The summed E-state index contributed by atoms with van der Waals surface area (Å²) in [6.45, 7) is 3.33. The monoisotopic (exact) mass is 273 g/mol. The standard InChI is InChI=1S/C12H14F3N3O/c1-6(2)7-5-8-10(16-9(7)12(13,14)15)18(4)11(19)17(8)3/h5-6H,1-4H3. The summed E-state index contributed by atoms with van der Waals surface area (Å²) in [6.07, 6.45) is -4.53. The average molecular weight is 273 g/mol. The van der Waals surface area contributed by atoms with Crippen LogP contribution in [-0.4, -0.2) is 14.1 Å². The van der Waals surface area contributed by atoms with E-state index in [9.17, 15) is 18.0 Å². The third-order valence-electron chi connectivity index (χ3n) is 3.16. The van der Waals surface area contributed by atoms with Crippen molar-refractivity contribution in [3.8, 4) is 0 Å². The highest BCUT2D eigenvalue weighted by Crippen LogP contribution is 2.35. The molecule has 0 amide bonds. The maximum atomic E-state index is 13.0. The molecular weight excluding hydrogens is 259 g/mol. The van der Waals surface area contributed by atoms with E-state index in [0.29, 0.717) is 5.52 Å². The zero-order chi connectivity index (χ0) is 14.5. The minimum Gasteiger partial charge on any atom is -0.293 e. The van der Waals surface area contributed by atoms with Gasteiger partial charge in [0, 0.05) is 14.1 Å². The molecule has 19 heavy (non-hydrogen) atoms. The molecule has 0 aromatic carbocycles. The second-order valence-electron chi connectivity index (χ2n) is 4.82. The van der Waals surface area contributed by atoms with Crippen molar-refractivity contribution in [3.05, 3.63) is 27.8 Å². The highest BCUT2D eigenvalue weighted by atomic mass is 19.4. The summed E-state index contributed by atoms with van der Waals surface area (Å²) < 4.78 is 41.5. The van der Waals surface area contributed by atoms with Crippen LogP contribution in [0.3, 0.4) is 0 Å². The molecule has 0 atom stereocenters. The van der Waals surface area contributed by atoms with Crippen molar-refractivity contribution in [1.29, 1.82) is 0 Å². The Morgan fingerprint density at radius 3 is 2.26 bits per heavy atom. The molecule has 0 unspecified atom stereocenters. The quantitative estimate of drug-likeness (QED) is 0.800. The van der Waals surface area contributed by atoms with E-state index >= 15 is 0 Å². The summed E-state index contributed by atoms with van der Waals surface area (Å²) >= 11 is 0. The molecule has 0 bridgehead atoms. The average Bonchev–Trinajstić information content (AvgIpc) is 2.52. The molecule has 2 aromatic rings. The van der Waals surface area contributed by atoms with Gasteiger partial charge in [0.05, 0.1) is 5.52 Å². The lowest BCUT2D eigenvalue weighted by Crippen LogP contribution is -2.19. The van der Waals surface area contributed by atoms with Crippen LogP contribution < -0.4 is 5.69 Å². The summed E-state index contributed by atoms with van der Waals surface area (Å²) in [5.74, 6) is -0.330. The molecule has 0 saturated carbocycles. The number of alkyl halides is 3. The Hall–Kier alpha value is -1.79. The van der Waals surface area contributed by atoms with E-state index in [0.717, 1.165) is 4.57 Å². The fraction of sp³-hybridized carbons (Fsp3) is 0.500. The maximum Gasteiger partial charge on any atom is 0.433 e. The molecule has 0 spiro atoms. The summed E-state index contributed by atoms with van der Waals surface area (Å²) in [6, 6.07) is 1.40. The first kappa shape index (κ1) is 13.6. The number of fused-ring (bicyclic) bond motifs is 1. The zero-order valence-electron chi connectivity index (χ0n) is 11.0. The van der Waals surface area contributed by atoms with Gasteiger partial charge < -0.3 is 0 Å². The zero-order valence-corrected chi connectivity index (χ0v) is 11.0. The first-order chi connectivity index (χ1) is 8.64. The van der Waals surface area contributed by atoms with Crippen molar-refractivity contribution in [2.45, 2.75) is 25.9 Å². The number of hydrogen-bond acceptors (Lipinski definition) is 2. The predicted octanol–water partition coefficient (Wildman–Crippen LogP) is 2.41. The van der Waals surface area contributed by atoms with Crippen LogP contribution in [0.15, 0.2) is 10.9 Å². The smallest absolute Gasteiger partial charge is 0.293 e. The molecule has 2 rings (SSSR count). The topological polar surface area (TPSA) is 39.8 Å². The molecule has 0 fully saturated rings. The molecule has 0 N–H and O–H groups in total. The Balaban J connectivity index is 2.93. The molecule has 0 saturated heterocycles. The van der Waals surface area contributed by atoms with E-state index in [2.05, 4.69) is 4.98 Å². The summed E-state index contributed by atoms with van der Waals surface area (Å²) in [5, 5.41) is 0. The molecule has 7 heteroatoms. The highest BCUT2D eigenvalue weighted by molar-refractivity contribution is 5.73. The first-order valence-electron chi connectivity index (χ1n) is 5.78. The number of aryl methyl sites for hydroxylation is 2. The minimum atomic E-state index is -4.53. The third kappa shape index (κ3) is 2.02.